The maximum Gasteiger partial charge on any atom is 0.272 e. The van der Waals surface area contributed by atoms with Crippen LogP contribution in [0.2, 0.25) is 0 Å². The fourth-order valence-electron chi connectivity index (χ4n) is 3.12. The lowest BCUT2D eigenvalue weighted by Crippen LogP contribution is -2.18. The number of aromatic hydroxyl groups is 1. The Kier molecular flexibility index (Phi) is 6.15. The highest BCUT2D eigenvalue weighted by molar-refractivity contribution is 9.11. The molecule has 0 saturated carbocycles. The third-order valence-electron chi connectivity index (χ3n) is 4.73. The number of phenolic OH excluding ortho intramolecular Hbond substituents is 1. The number of benzene rings is 3. The van der Waals surface area contributed by atoms with Crippen LogP contribution in [0.25, 0.3) is 22.2 Å². The Hall–Kier alpha value is -3.03. The molecule has 1 heterocycles. The predicted molar refractivity (Wildman–Crippen MR) is 130 cm³/mol. The molecule has 4 rings (SSSR count). The fraction of sp³-hybridized carbons (Fsp3) is 0.0417. The van der Waals surface area contributed by atoms with E-state index in [-0.39, 0.29) is 11.7 Å². The van der Waals surface area contributed by atoms with E-state index in [0.29, 0.717) is 20.1 Å². The number of rotatable bonds is 4. The Balaban J connectivity index is 1.66. The summed E-state index contributed by atoms with van der Waals surface area (Å²) in [5.74, 6) is -0.229. The number of hydrogen-bond donors (Lipinski definition) is 2. The third kappa shape index (κ3) is 4.68. The summed E-state index contributed by atoms with van der Waals surface area (Å²) in [5.41, 5.74) is 7.34. The Morgan fingerprint density at radius 3 is 2.42 bits per heavy atom. The smallest absolute Gasteiger partial charge is 0.272 e. The minimum Gasteiger partial charge on any atom is -0.506 e. The molecule has 0 radical (unpaired) electrons. The molecule has 2 N–H and O–H groups in total. The topological polar surface area (TPSA) is 74.6 Å². The van der Waals surface area contributed by atoms with Gasteiger partial charge in [-0.05, 0) is 68.6 Å². The summed E-state index contributed by atoms with van der Waals surface area (Å²) in [6, 6.07) is 20.7. The van der Waals surface area contributed by atoms with Crippen molar-refractivity contribution in [2.45, 2.75) is 6.92 Å². The molecule has 0 unspecified atom stereocenters. The summed E-state index contributed by atoms with van der Waals surface area (Å²) >= 11 is 6.56. The molecule has 0 aliphatic rings. The van der Waals surface area contributed by atoms with Gasteiger partial charge >= 0.3 is 0 Å². The lowest BCUT2D eigenvalue weighted by atomic mass is 10.0. The van der Waals surface area contributed by atoms with Crippen LogP contribution >= 0.6 is 31.9 Å². The van der Waals surface area contributed by atoms with Gasteiger partial charge in [0, 0.05) is 10.9 Å². The van der Waals surface area contributed by atoms with Gasteiger partial charge in [0.05, 0.1) is 31.9 Å². The van der Waals surface area contributed by atoms with Crippen LogP contribution in [0.5, 0.6) is 5.75 Å². The van der Waals surface area contributed by atoms with Crippen molar-refractivity contribution < 1.29 is 9.90 Å². The van der Waals surface area contributed by atoms with Gasteiger partial charge in [0.2, 0.25) is 0 Å². The first-order valence-corrected chi connectivity index (χ1v) is 11.0. The Morgan fingerprint density at radius 1 is 1.03 bits per heavy atom. The number of carbonyl (C=O) groups excluding carboxylic acids is 1. The van der Waals surface area contributed by atoms with E-state index in [1.54, 1.807) is 18.2 Å². The molecule has 0 aliphatic heterocycles. The van der Waals surface area contributed by atoms with Crippen molar-refractivity contribution in [3.63, 3.8) is 0 Å². The minimum atomic E-state index is -0.333. The van der Waals surface area contributed by atoms with Crippen molar-refractivity contribution in [2.75, 3.05) is 0 Å². The second kappa shape index (κ2) is 8.99. The van der Waals surface area contributed by atoms with E-state index in [1.807, 2.05) is 55.5 Å². The van der Waals surface area contributed by atoms with Crippen molar-refractivity contribution in [1.29, 1.82) is 0 Å². The number of halogens is 2. The maximum absolute atomic E-state index is 13.0. The second-order valence-corrected chi connectivity index (χ2v) is 8.68. The van der Waals surface area contributed by atoms with E-state index in [9.17, 15) is 9.90 Å². The van der Waals surface area contributed by atoms with Gasteiger partial charge in [0.15, 0.2) is 0 Å². The highest BCUT2D eigenvalue weighted by atomic mass is 79.9. The summed E-state index contributed by atoms with van der Waals surface area (Å²) in [6.45, 7) is 2.03. The van der Waals surface area contributed by atoms with E-state index < -0.39 is 0 Å². The number of aryl methyl sites for hydroxylation is 1. The number of nitrogens with zero attached hydrogens (tertiary/aromatic N) is 2. The van der Waals surface area contributed by atoms with E-state index in [2.05, 4.69) is 42.4 Å². The molecule has 1 aromatic heterocycles. The molecule has 0 aliphatic carbocycles. The fourth-order valence-corrected chi connectivity index (χ4v) is 4.34. The first-order chi connectivity index (χ1) is 14.9. The highest BCUT2D eigenvalue weighted by Crippen LogP contribution is 2.32. The lowest BCUT2D eigenvalue weighted by molar-refractivity contribution is 0.0956. The van der Waals surface area contributed by atoms with Crippen LogP contribution in [0.1, 0.15) is 21.5 Å². The molecule has 7 heteroatoms. The molecule has 0 fully saturated rings. The number of pyridine rings is 1. The van der Waals surface area contributed by atoms with Crippen LogP contribution in [-0.4, -0.2) is 22.2 Å². The average molecular weight is 539 g/mol. The molecule has 0 atom stereocenters. The molecule has 31 heavy (non-hydrogen) atoms. The number of phenols is 1. The molecule has 0 spiro atoms. The van der Waals surface area contributed by atoms with Crippen molar-refractivity contribution >= 4 is 54.9 Å². The number of amides is 1. The highest BCUT2D eigenvalue weighted by Gasteiger charge is 2.13. The van der Waals surface area contributed by atoms with E-state index in [4.69, 9.17) is 4.98 Å². The Bertz CT molecular complexity index is 1300. The van der Waals surface area contributed by atoms with Crippen LogP contribution in [0.3, 0.4) is 0 Å². The summed E-state index contributed by atoms with van der Waals surface area (Å²) in [4.78, 5) is 17.7. The number of fused-ring (bicyclic) bond motifs is 1. The van der Waals surface area contributed by atoms with Gasteiger partial charge in [-0.2, -0.15) is 5.10 Å². The van der Waals surface area contributed by atoms with Gasteiger partial charge in [0.1, 0.15) is 5.75 Å². The summed E-state index contributed by atoms with van der Waals surface area (Å²) in [5, 5.41) is 14.6. The summed E-state index contributed by atoms with van der Waals surface area (Å²) in [7, 11) is 0. The third-order valence-corrected chi connectivity index (χ3v) is 5.94. The Morgan fingerprint density at radius 2 is 1.71 bits per heavy atom. The van der Waals surface area contributed by atoms with Crippen LogP contribution in [0, 0.1) is 6.92 Å². The lowest BCUT2D eigenvalue weighted by Gasteiger charge is -2.09. The van der Waals surface area contributed by atoms with Crippen molar-refractivity contribution in [1.82, 2.24) is 10.4 Å². The molecule has 1 amide bonds. The molecule has 0 bridgehead atoms. The molecule has 3 aromatic carbocycles. The largest absolute Gasteiger partial charge is 0.506 e. The normalized spacial score (nSPS) is 11.2. The molecular weight excluding hydrogens is 522 g/mol. The number of aromatic nitrogens is 1. The van der Waals surface area contributed by atoms with E-state index >= 15 is 0 Å². The standard InChI is InChI=1S/C24H17Br2N3O2/c1-14-6-8-16(9-7-14)22-12-18(17-4-2-3-5-21(17)28-22)24(31)29-27-13-15-10-19(25)23(30)20(26)11-15/h2-13,30H,1H3,(H,29,31)/b27-13+. The van der Waals surface area contributed by atoms with Gasteiger partial charge < -0.3 is 5.11 Å². The van der Waals surface area contributed by atoms with Gasteiger partial charge in [-0.1, -0.05) is 48.0 Å². The second-order valence-electron chi connectivity index (χ2n) is 6.97. The van der Waals surface area contributed by atoms with Gasteiger partial charge in [0.25, 0.3) is 5.91 Å². The minimum absolute atomic E-state index is 0.105. The zero-order chi connectivity index (χ0) is 22.0. The van der Waals surface area contributed by atoms with Gasteiger partial charge in [-0.25, -0.2) is 10.4 Å². The molecule has 5 nitrogen and oxygen atoms in total. The summed E-state index contributed by atoms with van der Waals surface area (Å²) in [6.07, 6.45) is 1.51. The van der Waals surface area contributed by atoms with Crippen molar-refractivity contribution in [3.8, 4) is 17.0 Å². The SMILES string of the molecule is Cc1ccc(-c2cc(C(=O)N/N=C/c3cc(Br)c(O)c(Br)c3)c3ccccc3n2)cc1. The number of para-hydroxylation sites is 1. The van der Waals surface area contributed by atoms with Crippen molar-refractivity contribution in [3.05, 3.63) is 92.4 Å². The number of hydrogen-bond acceptors (Lipinski definition) is 4. The van der Waals surface area contributed by atoms with Crippen LogP contribution in [-0.2, 0) is 0 Å². The number of nitrogens with one attached hydrogen (secondary N) is 1. The first-order valence-electron chi connectivity index (χ1n) is 9.40. The van der Waals surface area contributed by atoms with Gasteiger partial charge in [-0.3, -0.25) is 4.79 Å². The zero-order valence-electron chi connectivity index (χ0n) is 16.4. The van der Waals surface area contributed by atoms with Crippen LogP contribution in [0.15, 0.2) is 80.8 Å². The molecule has 0 saturated heterocycles. The monoisotopic (exact) mass is 537 g/mol. The van der Waals surface area contributed by atoms with Gasteiger partial charge in [-0.15, -0.1) is 0 Å². The van der Waals surface area contributed by atoms with E-state index in [0.717, 1.165) is 27.7 Å². The number of hydrazone groups is 1. The van der Waals surface area contributed by atoms with Crippen LogP contribution in [0.4, 0.5) is 0 Å². The predicted octanol–water partition coefficient (Wildman–Crippen LogP) is 6.20. The molecular formula is C24H17Br2N3O2. The zero-order valence-corrected chi connectivity index (χ0v) is 19.6. The van der Waals surface area contributed by atoms with E-state index in [1.165, 1.54) is 6.21 Å². The molecule has 154 valence electrons. The maximum atomic E-state index is 13.0. The Labute approximate surface area is 196 Å². The first kappa shape index (κ1) is 21.2. The summed E-state index contributed by atoms with van der Waals surface area (Å²) < 4.78 is 1.05. The molecule has 4 aromatic rings. The van der Waals surface area contributed by atoms with Crippen LogP contribution < -0.4 is 5.43 Å². The number of carbonyl (C=O) groups is 1. The average Bonchev–Trinajstić information content (AvgIpc) is 2.77. The quantitative estimate of drug-likeness (QED) is 0.240. The van der Waals surface area contributed by atoms with Crippen molar-refractivity contribution in [2.24, 2.45) is 5.10 Å².